The Morgan fingerprint density at radius 1 is 1.33 bits per heavy atom. The second-order valence-electron chi connectivity index (χ2n) is 6.62. The highest BCUT2D eigenvalue weighted by molar-refractivity contribution is 5.79. The zero-order valence-electron chi connectivity index (χ0n) is 12.9. The van der Waals surface area contributed by atoms with Crippen molar-refractivity contribution in [1.29, 1.82) is 0 Å². The molecule has 1 aliphatic heterocycles. The summed E-state index contributed by atoms with van der Waals surface area (Å²) in [7, 11) is 1.78. The molecule has 120 valence electrons. The van der Waals surface area contributed by atoms with Gasteiger partial charge < -0.3 is 20.1 Å². The zero-order valence-corrected chi connectivity index (χ0v) is 12.9. The average Bonchev–Trinajstić information content (AvgIpc) is 2.82. The summed E-state index contributed by atoms with van der Waals surface area (Å²) < 4.78 is 5.25. The van der Waals surface area contributed by atoms with Crippen molar-refractivity contribution in [2.24, 2.45) is 11.3 Å². The Labute approximate surface area is 125 Å². The van der Waals surface area contributed by atoms with Crippen molar-refractivity contribution >= 4 is 12.0 Å². The van der Waals surface area contributed by atoms with Crippen LogP contribution in [0, 0.1) is 11.3 Å². The average molecular weight is 298 g/mol. The van der Waals surface area contributed by atoms with Gasteiger partial charge in [0.15, 0.2) is 0 Å². The summed E-state index contributed by atoms with van der Waals surface area (Å²) in [4.78, 5) is 25.3. The number of aliphatic carboxylic acids is 1. The van der Waals surface area contributed by atoms with E-state index in [1.54, 1.807) is 18.9 Å². The van der Waals surface area contributed by atoms with E-state index in [2.05, 4.69) is 5.32 Å². The molecule has 21 heavy (non-hydrogen) atoms. The summed E-state index contributed by atoms with van der Waals surface area (Å²) in [5.41, 5.74) is -1.04. The van der Waals surface area contributed by atoms with E-state index < -0.39 is 17.4 Å². The van der Waals surface area contributed by atoms with Crippen molar-refractivity contribution in [2.75, 3.05) is 26.8 Å². The molecule has 0 aromatic rings. The maximum atomic E-state index is 12.2. The van der Waals surface area contributed by atoms with Crippen LogP contribution < -0.4 is 5.32 Å². The fourth-order valence-electron chi connectivity index (χ4n) is 3.18. The van der Waals surface area contributed by atoms with E-state index in [1.807, 2.05) is 0 Å². The first-order chi connectivity index (χ1) is 9.93. The van der Waals surface area contributed by atoms with Gasteiger partial charge in [0.1, 0.15) is 5.41 Å². The Balaban J connectivity index is 1.86. The van der Waals surface area contributed by atoms with E-state index in [0.29, 0.717) is 5.92 Å². The Bertz CT molecular complexity index is 395. The number of carbonyl (C=O) groups is 2. The number of amides is 2. The zero-order chi connectivity index (χ0) is 15.5. The summed E-state index contributed by atoms with van der Waals surface area (Å²) in [5, 5.41) is 12.1. The van der Waals surface area contributed by atoms with Gasteiger partial charge >= 0.3 is 12.0 Å². The molecular weight excluding hydrogens is 272 g/mol. The highest BCUT2D eigenvalue weighted by atomic mass is 16.5. The van der Waals surface area contributed by atoms with Crippen molar-refractivity contribution in [3.05, 3.63) is 0 Å². The molecule has 1 aliphatic carbocycles. The van der Waals surface area contributed by atoms with Gasteiger partial charge in [-0.05, 0) is 25.7 Å². The number of ether oxygens (including phenoxy) is 1. The number of carboxylic acid groups (broad SMARTS) is 1. The lowest BCUT2D eigenvalue weighted by Gasteiger charge is -2.30. The maximum absolute atomic E-state index is 12.2. The number of hydrogen-bond acceptors (Lipinski definition) is 3. The molecule has 6 heteroatoms. The summed E-state index contributed by atoms with van der Waals surface area (Å²) in [6.07, 6.45) is 6.14. The van der Waals surface area contributed by atoms with E-state index in [9.17, 15) is 14.7 Å². The largest absolute Gasteiger partial charge is 0.481 e. The van der Waals surface area contributed by atoms with Crippen LogP contribution in [0.3, 0.4) is 0 Å². The molecule has 2 fully saturated rings. The summed E-state index contributed by atoms with van der Waals surface area (Å²) >= 11 is 0. The Hall–Kier alpha value is -1.30. The number of hydrogen-bond donors (Lipinski definition) is 2. The Morgan fingerprint density at radius 2 is 2.00 bits per heavy atom. The molecule has 2 rings (SSSR count). The molecule has 1 saturated carbocycles. The van der Waals surface area contributed by atoms with E-state index in [0.717, 1.165) is 6.54 Å². The molecule has 2 aliphatic rings. The van der Waals surface area contributed by atoms with Gasteiger partial charge in [0, 0.05) is 13.6 Å². The lowest BCUT2D eigenvalue weighted by atomic mass is 9.85. The van der Waals surface area contributed by atoms with Gasteiger partial charge in [0.25, 0.3) is 0 Å². The van der Waals surface area contributed by atoms with Crippen LogP contribution in [0.4, 0.5) is 4.79 Å². The first-order valence-electron chi connectivity index (χ1n) is 7.76. The van der Waals surface area contributed by atoms with Crippen LogP contribution in [0.1, 0.15) is 39.0 Å². The molecule has 0 spiro atoms. The second-order valence-corrected chi connectivity index (χ2v) is 6.62. The standard InChI is InChI=1S/C15H26N2O4/c1-15(13(18)19)10-21-9-12(15)16-14(20)17(2)8-11-6-4-3-5-7-11/h11-12H,3-10H2,1-2H3,(H,16,20)(H,18,19). The van der Waals surface area contributed by atoms with Crippen molar-refractivity contribution < 1.29 is 19.4 Å². The van der Waals surface area contributed by atoms with Crippen LogP contribution >= 0.6 is 0 Å². The number of carbonyl (C=O) groups excluding carboxylic acids is 1. The molecule has 0 bridgehead atoms. The molecule has 2 amide bonds. The molecule has 1 saturated heterocycles. The molecule has 0 radical (unpaired) electrons. The highest BCUT2D eigenvalue weighted by Crippen LogP contribution is 2.29. The fraction of sp³-hybridized carbons (Fsp3) is 0.867. The number of rotatable bonds is 4. The number of nitrogens with zero attached hydrogens (tertiary/aromatic N) is 1. The summed E-state index contributed by atoms with van der Waals surface area (Å²) in [5.74, 6) is -0.361. The van der Waals surface area contributed by atoms with E-state index in [1.165, 1.54) is 32.1 Å². The van der Waals surface area contributed by atoms with Crippen molar-refractivity contribution in [2.45, 2.75) is 45.1 Å². The highest BCUT2D eigenvalue weighted by Gasteiger charge is 2.47. The first kappa shape index (κ1) is 16.1. The van der Waals surface area contributed by atoms with Crippen molar-refractivity contribution in [1.82, 2.24) is 10.2 Å². The SMILES string of the molecule is CN(CC1CCCCC1)C(=O)NC1COCC1(C)C(=O)O. The third-order valence-electron chi connectivity index (χ3n) is 4.85. The van der Waals surface area contributed by atoms with Crippen LogP contribution in [0.2, 0.25) is 0 Å². The van der Waals surface area contributed by atoms with Crippen LogP contribution in [0.5, 0.6) is 0 Å². The lowest BCUT2D eigenvalue weighted by Crippen LogP contribution is -2.53. The Kier molecular flexibility index (Phi) is 5.08. The molecule has 6 nitrogen and oxygen atoms in total. The van der Waals surface area contributed by atoms with Crippen molar-refractivity contribution in [3.63, 3.8) is 0 Å². The third-order valence-corrected chi connectivity index (χ3v) is 4.85. The van der Waals surface area contributed by atoms with Gasteiger partial charge in [-0.3, -0.25) is 4.79 Å². The minimum absolute atomic E-state index is 0.139. The van der Waals surface area contributed by atoms with E-state index in [-0.39, 0.29) is 19.2 Å². The van der Waals surface area contributed by atoms with Gasteiger partial charge in [-0.2, -0.15) is 0 Å². The normalized spacial score (nSPS) is 30.1. The maximum Gasteiger partial charge on any atom is 0.317 e. The second kappa shape index (κ2) is 6.64. The molecule has 2 unspecified atom stereocenters. The van der Waals surface area contributed by atoms with Gasteiger partial charge in [-0.25, -0.2) is 4.79 Å². The third kappa shape index (κ3) is 3.67. The van der Waals surface area contributed by atoms with E-state index in [4.69, 9.17) is 4.74 Å². The fourth-order valence-corrected chi connectivity index (χ4v) is 3.18. The molecule has 2 atom stereocenters. The Morgan fingerprint density at radius 3 is 2.62 bits per heavy atom. The topological polar surface area (TPSA) is 78.9 Å². The van der Waals surface area contributed by atoms with Crippen LogP contribution in [-0.4, -0.2) is 54.9 Å². The van der Waals surface area contributed by atoms with Gasteiger partial charge in [-0.1, -0.05) is 19.3 Å². The van der Waals surface area contributed by atoms with Gasteiger partial charge in [-0.15, -0.1) is 0 Å². The van der Waals surface area contributed by atoms with Crippen LogP contribution in [-0.2, 0) is 9.53 Å². The summed E-state index contributed by atoms with van der Waals surface area (Å²) in [6, 6.07) is -0.681. The number of carboxylic acids is 1. The quantitative estimate of drug-likeness (QED) is 0.828. The van der Waals surface area contributed by atoms with Crippen LogP contribution in [0.25, 0.3) is 0 Å². The minimum Gasteiger partial charge on any atom is -0.481 e. The smallest absolute Gasteiger partial charge is 0.317 e. The van der Waals surface area contributed by atoms with Gasteiger partial charge in [0.2, 0.25) is 0 Å². The predicted molar refractivity (Wildman–Crippen MR) is 78.1 cm³/mol. The molecule has 0 aromatic carbocycles. The summed E-state index contributed by atoms with van der Waals surface area (Å²) in [6.45, 7) is 2.75. The van der Waals surface area contributed by atoms with Crippen molar-refractivity contribution in [3.8, 4) is 0 Å². The van der Waals surface area contributed by atoms with Gasteiger partial charge in [0.05, 0.1) is 19.3 Å². The molecule has 2 N–H and O–H groups in total. The monoisotopic (exact) mass is 298 g/mol. The molecule has 1 heterocycles. The number of urea groups is 1. The predicted octanol–water partition coefficient (Wildman–Crippen LogP) is 1.70. The lowest BCUT2D eigenvalue weighted by molar-refractivity contribution is -0.148. The first-order valence-corrected chi connectivity index (χ1v) is 7.76. The minimum atomic E-state index is -1.04. The molecule has 0 aromatic heterocycles. The number of nitrogens with one attached hydrogen (secondary N) is 1. The van der Waals surface area contributed by atoms with Crippen LogP contribution in [0.15, 0.2) is 0 Å². The van der Waals surface area contributed by atoms with E-state index >= 15 is 0 Å². The molecular formula is C15H26N2O4.